The van der Waals surface area contributed by atoms with Gasteiger partial charge in [0.1, 0.15) is 5.82 Å². The maximum Gasteiger partial charge on any atom is 0.259 e. The molecule has 0 radical (unpaired) electrons. The molecule has 1 fully saturated rings. The van der Waals surface area contributed by atoms with Gasteiger partial charge < -0.3 is 14.9 Å². The van der Waals surface area contributed by atoms with E-state index >= 15 is 0 Å². The second-order valence-electron chi connectivity index (χ2n) is 8.00. The lowest BCUT2D eigenvalue weighted by Gasteiger charge is -2.26. The van der Waals surface area contributed by atoms with E-state index in [-0.39, 0.29) is 5.56 Å². The van der Waals surface area contributed by atoms with E-state index in [0.717, 1.165) is 48.1 Å². The number of benzene rings is 2. The van der Waals surface area contributed by atoms with Gasteiger partial charge in [-0.05, 0) is 55.2 Å². The van der Waals surface area contributed by atoms with Crippen molar-refractivity contribution in [3.63, 3.8) is 0 Å². The Hall–Kier alpha value is -3.12. The third-order valence-corrected chi connectivity index (χ3v) is 6.33. The summed E-state index contributed by atoms with van der Waals surface area (Å²) in [6.45, 7) is 8.78. The van der Waals surface area contributed by atoms with Gasteiger partial charge in [0.05, 0.1) is 16.6 Å². The van der Waals surface area contributed by atoms with Crippen molar-refractivity contribution in [1.29, 1.82) is 0 Å². The molecular formula is C24H27N5O. The topological polar surface area (TPSA) is 68.0 Å². The molecule has 1 aliphatic heterocycles. The SMILES string of the molecule is CCN(CC)C1CCN(c2ccc3nc(-c4cc5ccccc5[nH]c4=O)[nH]c3c2)C1. The van der Waals surface area contributed by atoms with Crippen LogP contribution in [0.25, 0.3) is 33.3 Å². The molecule has 0 saturated carbocycles. The van der Waals surface area contributed by atoms with Crippen molar-refractivity contribution in [1.82, 2.24) is 19.9 Å². The van der Waals surface area contributed by atoms with E-state index in [1.807, 2.05) is 36.4 Å². The highest BCUT2D eigenvalue weighted by molar-refractivity contribution is 5.86. The molecular weight excluding hydrogens is 374 g/mol. The van der Waals surface area contributed by atoms with Crippen LogP contribution in [0.1, 0.15) is 20.3 Å². The number of pyridine rings is 1. The van der Waals surface area contributed by atoms with E-state index in [1.165, 1.54) is 12.1 Å². The number of H-pyrrole nitrogens is 2. The first kappa shape index (κ1) is 18.9. The largest absolute Gasteiger partial charge is 0.370 e. The molecule has 0 aliphatic carbocycles. The minimum Gasteiger partial charge on any atom is -0.370 e. The Morgan fingerprint density at radius 2 is 1.90 bits per heavy atom. The standard InChI is InChI=1S/C24H27N5O/c1-3-28(4-2)18-11-12-29(15-18)17-9-10-21-22(14-17)26-23(25-21)19-13-16-7-5-6-8-20(16)27-24(19)30/h5-10,13-14,18H,3-4,11-12,15H2,1-2H3,(H,25,26)(H,27,30). The fourth-order valence-electron chi connectivity index (χ4n) is 4.66. The Morgan fingerprint density at radius 3 is 2.73 bits per heavy atom. The van der Waals surface area contributed by atoms with Gasteiger partial charge in [0, 0.05) is 30.3 Å². The van der Waals surface area contributed by atoms with Crippen LogP contribution in [0.2, 0.25) is 0 Å². The molecule has 5 rings (SSSR count). The number of imidazole rings is 1. The minimum absolute atomic E-state index is 0.130. The monoisotopic (exact) mass is 401 g/mol. The van der Waals surface area contributed by atoms with Crippen LogP contribution in [0.4, 0.5) is 5.69 Å². The molecule has 2 aromatic heterocycles. The van der Waals surface area contributed by atoms with Gasteiger partial charge in [-0.1, -0.05) is 32.0 Å². The Morgan fingerprint density at radius 1 is 1.07 bits per heavy atom. The van der Waals surface area contributed by atoms with Crippen LogP contribution in [0.5, 0.6) is 0 Å². The van der Waals surface area contributed by atoms with E-state index in [2.05, 4.69) is 50.7 Å². The quantitative estimate of drug-likeness (QED) is 0.531. The first-order valence-corrected chi connectivity index (χ1v) is 10.8. The number of anilines is 1. The summed E-state index contributed by atoms with van der Waals surface area (Å²) < 4.78 is 0. The zero-order chi connectivity index (χ0) is 20.7. The van der Waals surface area contributed by atoms with Crippen molar-refractivity contribution >= 4 is 27.6 Å². The number of hydrogen-bond donors (Lipinski definition) is 2. The highest BCUT2D eigenvalue weighted by atomic mass is 16.1. The van der Waals surface area contributed by atoms with Crippen LogP contribution in [0.15, 0.2) is 53.3 Å². The van der Waals surface area contributed by atoms with E-state index in [1.54, 1.807) is 0 Å². The molecule has 0 amide bonds. The third-order valence-electron chi connectivity index (χ3n) is 6.33. The average molecular weight is 402 g/mol. The van der Waals surface area contributed by atoms with Gasteiger partial charge in [-0.3, -0.25) is 9.69 Å². The second kappa shape index (κ2) is 7.61. The molecule has 30 heavy (non-hydrogen) atoms. The predicted octanol–water partition coefficient (Wildman–Crippen LogP) is 3.99. The van der Waals surface area contributed by atoms with Crippen molar-refractivity contribution in [2.75, 3.05) is 31.1 Å². The van der Waals surface area contributed by atoms with Crippen LogP contribution < -0.4 is 10.5 Å². The molecule has 2 aromatic carbocycles. The van der Waals surface area contributed by atoms with Gasteiger partial charge in [0.25, 0.3) is 5.56 Å². The van der Waals surface area contributed by atoms with Crippen LogP contribution in [-0.2, 0) is 0 Å². The molecule has 4 aromatic rings. The summed E-state index contributed by atoms with van der Waals surface area (Å²) in [5.74, 6) is 0.608. The van der Waals surface area contributed by atoms with Crippen LogP contribution in [0, 0.1) is 0 Å². The zero-order valence-corrected chi connectivity index (χ0v) is 17.5. The molecule has 1 unspecified atom stereocenters. The van der Waals surface area contributed by atoms with Crippen LogP contribution in [0.3, 0.4) is 0 Å². The summed E-state index contributed by atoms with van der Waals surface area (Å²) in [6, 6.07) is 16.7. The summed E-state index contributed by atoms with van der Waals surface area (Å²) >= 11 is 0. The lowest BCUT2D eigenvalue weighted by molar-refractivity contribution is 0.232. The Bertz CT molecular complexity index is 1250. The highest BCUT2D eigenvalue weighted by Gasteiger charge is 2.26. The molecule has 0 spiro atoms. The van der Waals surface area contributed by atoms with Crippen molar-refractivity contribution in [3.05, 3.63) is 58.9 Å². The number of para-hydroxylation sites is 1. The maximum absolute atomic E-state index is 12.6. The number of aromatic nitrogens is 3. The van der Waals surface area contributed by atoms with Crippen molar-refractivity contribution in [2.24, 2.45) is 0 Å². The van der Waals surface area contributed by atoms with Gasteiger partial charge in [0.2, 0.25) is 0 Å². The summed E-state index contributed by atoms with van der Waals surface area (Å²) in [7, 11) is 0. The van der Waals surface area contributed by atoms with Gasteiger partial charge >= 0.3 is 0 Å². The molecule has 1 aliphatic rings. The van der Waals surface area contributed by atoms with Gasteiger partial charge in [-0.2, -0.15) is 0 Å². The summed E-state index contributed by atoms with van der Waals surface area (Å²) in [5.41, 5.74) is 4.31. The molecule has 1 atom stereocenters. The number of hydrogen-bond acceptors (Lipinski definition) is 4. The first-order chi connectivity index (χ1) is 14.7. The molecule has 0 bridgehead atoms. The summed E-state index contributed by atoms with van der Waals surface area (Å²) in [5, 5.41) is 0.993. The average Bonchev–Trinajstić information content (AvgIpc) is 3.41. The number of fused-ring (bicyclic) bond motifs is 2. The maximum atomic E-state index is 12.6. The summed E-state index contributed by atoms with van der Waals surface area (Å²) in [4.78, 5) is 28.6. The molecule has 3 heterocycles. The van der Waals surface area contributed by atoms with Crippen LogP contribution in [-0.4, -0.2) is 52.1 Å². The predicted molar refractivity (Wildman–Crippen MR) is 123 cm³/mol. The number of nitrogens with one attached hydrogen (secondary N) is 2. The Kier molecular flexibility index (Phi) is 4.79. The normalized spacial score (nSPS) is 16.9. The van der Waals surface area contributed by atoms with E-state index in [9.17, 15) is 4.79 Å². The van der Waals surface area contributed by atoms with Crippen molar-refractivity contribution in [2.45, 2.75) is 26.3 Å². The van der Waals surface area contributed by atoms with Crippen LogP contribution >= 0.6 is 0 Å². The molecule has 6 nitrogen and oxygen atoms in total. The summed E-state index contributed by atoms with van der Waals surface area (Å²) in [6.07, 6.45) is 1.19. The fourth-order valence-corrected chi connectivity index (χ4v) is 4.66. The fraction of sp³-hybridized carbons (Fsp3) is 0.333. The minimum atomic E-state index is -0.130. The van der Waals surface area contributed by atoms with E-state index in [4.69, 9.17) is 0 Å². The number of likely N-dealkylation sites (N-methyl/N-ethyl adjacent to an activating group) is 1. The zero-order valence-electron chi connectivity index (χ0n) is 17.5. The van der Waals surface area contributed by atoms with E-state index < -0.39 is 0 Å². The van der Waals surface area contributed by atoms with Gasteiger partial charge in [-0.25, -0.2) is 4.98 Å². The third kappa shape index (κ3) is 3.27. The number of rotatable bonds is 5. The second-order valence-corrected chi connectivity index (χ2v) is 8.00. The molecule has 154 valence electrons. The number of aromatic amines is 2. The van der Waals surface area contributed by atoms with Gasteiger partial charge in [0.15, 0.2) is 0 Å². The highest BCUT2D eigenvalue weighted by Crippen LogP contribution is 2.27. The lowest BCUT2D eigenvalue weighted by Crippen LogP contribution is -2.37. The lowest BCUT2D eigenvalue weighted by atomic mass is 10.1. The van der Waals surface area contributed by atoms with Gasteiger partial charge in [-0.15, -0.1) is 0 Å². The Balaban J connectivity index is 1.47. The first-order valence-electron chi connectivity index (χ1n) is 10.8. The molecule has 1 saturated heterocycles. The molecule has 2 N–H and O–H groups in total. The van der Waals surface area contributed by atoms with Crippen molar-refractivity contribution < 1.29 is 0 Å². The van der Waals surface area contributed by atoms with Crippen molar-refractivity contribution in [3.8, 4) is 11.4 Å². The number of nitrogens with zero attached hydrogens (tertiary/aromatic N) is 3. The Labute approximate surface area is 175 Å². The smallest absolute Gasteiger partial charge is 0.259 e. The van der Waals surface area contributed by atoms with E-state index in [0.29, 0.717) is 17.4 Å². The molecule has 6 heteroatoms.